The van der Waals surface area contributed by atoms with Crippen LogP contribution >= 0.6 is 0 Å². The molecule has 162 valence electrons. The molecule has 0 radical (unpaired) electrons. The van der Waals surface area contributed by atoms with Gasteiger partial charge in [-0.25, -0.2) is 4.39 Å². The molecule has 0 saturated carbocycles. The third-order valence-corrected chi connectivity index (χ3v) is 5.43. The fraction of sp³-hybridized carbons (Fsp3) is 0.304. The van der Waals surface area contributed by atoms with Crippen molar-refractivity contribution in [2.75, 3.05) is 20.2 Å². The number of carbonyl (C=O) groups is 1. The van der Waals surface area contributed by atoms with Crippen LogP contribution in [0.3, 0.4) is 0 Å². The Morgan fingerprint density at radius 1 is 1.19 bits per heavy atom. The number of hydrogen-bond acceptors (Lipinski definition) is 5. The number of nitrogens with zero attached hydrogens (tertiary/aromatic N) is 2. The zero-order valence-corrected chi connectivity index (χ0v) is 17.3. The van der Waals surface area contributed by atoms with E-state index in [-0.39, 0.29) is 29.6 Å². The minimum absolute atomic E-state index is 0.206. The molecule has 1 N–H and O–H groups in total. The molecule has 0 spiro atoms. The van der Waals surface area contributed by atoms with E-state index >= 15 is 0 Å². The Kier molecular flexibility index (Phi) is 6.18. The summed E-state index contributed by atoms with van der Waals surface area (Å²) in [6, 6.07) is 11.4. The number of amides is 1. The Hall–Kier alpha value is -3.39. The summed E-state index contributed by atoms with van der Waals surface area (Å²) in [5.41, 5.74) is 1.67. The number of nitrogens with one attached hydrogen (secondary N) is 1. The summed E-state index contributed by atoms with van der Waals surface area (Å²) in [5, 5.41) is 2.84. The van der Waals surface area contributed by atoms with Crippen LogP contribution in [0.25, 0.3) is 0 Å². The first-order valence-electron chi connectivity index (χ1n) is 10.1. The molecule has 4 rings (SSSR count). The van der Waals surface area contributed by atoms with E-state index in [1.54, 1.807) is 29.0 Å². The van der Waals surface area contributed by atoms with Crippen molar-refractivity contribution in [2.24, 2.45) is 0 Å². The summed E-state index contributed by atoms with van der Waals surface area (Å²) in [4.78, 5) is 27.9. The van der Waals surface area contributed by atoms with Crippen molar-refractivity contribution in [1.82, 2.24) is 14.8 Å². The van der Waals surface area contributed by atoms with Crippen LogP contribution < -0.4 is 15.6 Å². The Labute approximate surface area is 179 Å². The first-order valence-corrected chi connectivity index (χ1v) is 10.1. The van der Waals surface area contributed by atoms with Gasteiger partial charge in [-0.1, -0.05) is 12.1 Å². The summed E-state index contributed by atoms with van der Waals surface area (Å²) in [7, 11) is 1.45. The van der Waals surface area contributed by atoms with Crippen molar-refractivity contribution in [3.05, 3.63) is 87.5 Å². The molecule has 3 heterocycles. The van der Waals surface area contributed by atoms with Gasteiger partial charge in [-0.05, 0) is 29.8 Å². The van der Waals surface area contributed by atoms with Gasteiger partial charge in [0.2, 0.25) is 0 Å². The molecule has 0 unspecified atom stereocenters. The third kappa shape index (κ3) is 4.69. The molecule has 3 aromatic rings. The predicted molar refractivity (Wildman–Crippen MR) is 113 cm³/mol. The Morgan fingerprint density at radius 2 is 2.06 bits per heavy atom. The lowest BCUT2D eigenvalue weighted by atomic mass is 10.1. The van der Waals surface area contributed by atoms with Crippen LogP contribution in [0.2, 0.25) is 0 Å². The number of rotatable bonds is 6. The van der Waals surface area contributed by atoms with Gasteiger partial charge in [0.25, 0.3) is 11.5 Å². The van der Waals surface area contributed by atoms with E-state index < -0.39 is 0 Å². The molecule has 1 aliphatic rings. The molecule has 2 aromatic heterocycles. The monoisotopic (exact) mass is 425 g/mol. The zero-order chi connectivity index (χ0) is 21.8. The van der Waals surface area contributed by atoms with Crippen LogP contribution in [0, 0.1) is 5.82 Å². The molecule has 7 nitrogen and oxygen atoms in total. The van der Waals surface area contributed by atoms with Crippen molar-refractivity contribution in [1.29, 1.82) is 0 Å². The normalized spacial score (nSPS) is 14.0. The summed E-state index contributed by atoms with van der Waals surface area (Å²) in [6.07, 6.45) is 2.04. The quantitative estimate of drug-likeness (QED) is 0.657. The minimum Gasteiger partial charge on any atom is -0.496 e. The fourth-order valence-electron chi connectivity index (χ4n) is 3.92. The number of fused-ring (bicyclic) bond motifs is 1. The molecule has 0 aliphatic carbocycles. The Bertz CT molecular complexity index is 1120. The maximum absolute atomic E-state index is 13.5. The van der Waals surface area contributed by atoms with E-state index in [1.165, 1.54) is 25.3 Å². The number of methoxy groups -OCH3 is 1. The van der Waals surface area contributed by atoms with Gasteiger partial charge >= 0.3 is 0 Å². The molecular weight excluding hydrogens is 401 g/mol. The number of carbonyl (C=O) groups excluding carboxylic acids is 1. The highest BCUT2D eigenvalue weighted by Gasteiger charge is 2.25. The van der Waals surface area contributed by atoms with E-state index in [0.717, 1.165) is 5.56 Å². The number of aromatic nitrogens is 1. The van der Waals surface area contributed by atoms with Crippen molar-refractivity contribution in [3.63, 3.8) is 0 Å². The Balaban J connectivity index is 1.58. The topological polar surface area (TPSA) is 76.7 Å². The Morgan fingerprint density at radius 3 is 2.81 bits per heavy atom. The van der Waals surface area contributed by atoms with Crippen molar-refractivity contribution in [2.45, 2.75) is 26.1 Å². The number of hydrogen-bond donors (Lipinski definition) is 1. The van der Waals surface area contributed by atoms with Gasteiger partial charge in [0, 0.05) is 44.4 Å². The summed E-state index contributed by atoms with van der Waals surface area (Å²) < 4.78 is 25.8. The highest BCUT2D eigenvalue weighted by Crippen LogP contribution is 2.23. The molecule has 31 heavy (non-hydrogen) atoms. The van der Waals surface area contributed by atoms with E-state index in [0.29, 0.717) is 49.6 Å². The third-order valence-electron chi connectivity index (χ3n) is 5.43. The summed E-state index contributed by atoms with van der Waals surface area (Å²) in [5.74, 6) is 0.294. The van der Waals surface area contributed by atoms with Gasteiger partial charge in [0.15, 0.2) is 0 Å². The van der Waals surface area contributed by atoms with Crippen LogP contribution in [0.1, 0.15) is 27.4 Å². The molecule has 8 heteroatoms. The summed E-state index contributed by atoms with van der Waals surface area (Å²) >= 11 is 0. The van der Waals surface area contributed by atoms with E-state index in [4.69, 9.17) is 9.15 Å². The maximum atomic E-state index is 13.5. The van der Waals surface area contributed by atoms with Crippen molar-refractivity contribution in [3.8, 4) is 5.75 Å². The van der Waals surface area contributed by atoms with Gasteiger partial charge in [-0.15, -0.1) is 0 Å². The lowest BCUT2D eigenvalue weighted by molar-refractivity contribution is 0.0942. The van der Waals surface area contributed by atoms with E-state index in [1.807, 2.05) is 6.07 Å². The van der Waals surface area contributed by atoms with Crippen LogP contribution in [-0.4, -0.2) is 35.6 Å². The maximum Gasteiger partial charge on any atom is 0.257 e. The minimum atomic E-state index is -0.324. The van der Waals surface area contributed by atoms with Crippen LogP contribution in [0.15, 0.2) is 57.9 Å². The molecule has 0 bridgehead atoms. The first-order chi connectivity index (χ1) is 15.0. The van der Waals surface area contributed by atoms with Crippen molar-refractivity contribution >= 4 is 5.91 Å². The average Bonchev–Trinajstić information content (AvgIpc) is 3.19. The lowest BCUT2D eigenvalue weighted by Gasteiger charge is -2.19. The fourth-order valence-corrected chi connectivity index (χ4v) is 3.92. The number of furan rings is 1. The summed E-state index contributed by atoms with van der Waals surface area (Å²) in [6.45, 7) is 2.48. The second-order valence-electron chi connectivity index (χ2n) is 7.44. The van der Waals surface area contributed by atoms with Gasteiger partial charge in [0.05, 0.1) is 19.9 Å². The number of ether oxygens (including phenoxy) is 1. The van der Waals surface area contributed by atoms with Gasteiger partial charge in [0.1, 0.15) is 22.9 Å². The SMILES string of the molecule is COc1cc(=O)n2c(c1C(=O)NCc1ccco1)CCN(Cc1cccc(F)c1)CC2. The number of pyridine rings is 1. The molecular formula is C23H24FN3O4. The van der Waals surface area contributed by atoms with E-state index in [9.17, 15) is 14.0 Å². The second kappa shape index (κ2) is 9.18. The molecule has 0 atom stereocenters. The standard InChI is InChI=1S/C23H24FN3O4/c1-30-20-13-21(28)27-10-9-26(15-16-4-2-5-17(24)12-16)8-7-19(27)22(20)23(29)25-14-18-6-3-11-31-18/h2-6,11-13H,7-10,14-15H2,1H3,(H,25,29). The van der Waals surface area contributed by atoms with Gasteiger partial charge < -0.3 is 19.0 Å². The lowest BCUT2D eigenvalue weighted by Crippen LogP contribution is -2.31. The van der Waals surface area contributed by atoms with Crippen LogP contribution in [-0.2, 0) is 26.1 Å². The number of halogens is 1. The highest BCUT2D eigenvalue weighted by atomic mass is 19.1. The molecule has 1 aromatic carbocycles. The number of benzene rings is 1. The van der Waals surface area contributed by atoms with E-state index in [2.05, 4.69) is 10.2 Å². The molecule has 1 aliphatic heterocycles. The molecule has 0 fully saturated rings. The highest BCUT2D eigenvalue weighted by molar-refractivity contribution is 5.98. The molecule has 1 amide bonds. The first kappa shape index (κ1) is 20.9. The smallest absolute Gasteiger partial charge is 0.257 e. The van der Waals surface area contributed by atoms with Crippen molar-refractivity contribution < 1.29 is 18.3 Å². The zero-order valence-electron chi connectivity index (χ0n) is 17.3. The van der Waals surface area contributed by atoms with Gasteiger partial charge in [-0.2, -0.15) is 0 Å². The predicted octanol–water partition coefficient (Wildman–Crippen LogP) is 2.58. The average molecular weight is 425 g/mol. The largest absolute Gasteiger partial charge is 0.496 e. The second-order valence-corrected chi connectivity index (χ2v) is 7.44. The molecule has 0 saturated heterocycles. The van der Waals surface area contributed by atoms with Gasteiger partial charge in [-0.3, -0.25) is 14.5 Å². The van der Waals surface area contributed by atoms with Crippen LogP contribution in [0.5, 0.6) is 5.75 Å². The van der Waals surface area contributed by atoms with Crippen LogP contribution in [0.4, 0.5) is 4.39 Å².